The molecule has 0 spiro atoms. The second-order valence-corrected chi connectivity index (χ2v) is 6.56. The van der Waals surface area contributed by atoms with E-state index in [1.165, 1.54) is 43.5 Å². The van der Waals surface area contributed by atoms with Crippen molar-refractivity contribution in [2.24, 2.45) is 0 Å². The Morgan fingerprint density at radius 1 is 1.17 bits per heavy atom. The molecule has 0 bridgehead atoms. The van der Waals surface area contributed by atoms with Crippen molar-refractivity contribution in [1.82, 2.24) is 4.72 Å². The van der Waals surface area contributed by atoms with Crippen molar-refractivity contribution < 1.29 is 27.0 Å². The average molecular weight is 339 g/mol. The van der Waals surface area contributed by atoms with E-state index in [2.05, 4.69) is 4.72 Å². The van der Waals surface area contributed by atoms with E-state index in [1.807, 2.05) is 0 Å². The number of halogens is 1. The second kappa shape index (κ2) is 6.05. The van der Waals surface area contributed by atoms with Crippen LogP contribution in [-0.4, -0.2) is 22.3 Å². The third kappa shape index (κ3) is 3.22. The molecule has 1 aliphatic heterocycles. The van der Waals surface area contributed by atoms with Crippen molar-refractivity contribution in [2.75, 3.05) is 13.9 Å². The Balaban J connectivity index is 1.81. The Labute approximate surface area is 132 Å². The lowest BCUT2D eigenvalue weighted by atomic mass is 10.2. The minimum Gasteiger partial charge on any atom is -0.496 e. The van der Waals surface area contributed by atoms with Crippen LogP contribution in [0.5, 0.6) is 17.2 Å². The summed E-state index contributed by atoms with van der Waals surface area (Å²) in [5.41, 5.74) is 0.400. The standard InChI is InChI=1S/C15H14FNO5S/c1-20-13-4-2-11(16)6-10(13)8-17-23(18,19)12-3-5-14-15(7-12)22-9-21-14/h2-7,17H,8-9H2,1H3. The van der Waals surface area contributed by atoms with Gasteiger partial charge in [-0.2, -0.15) is 0 Å². The number of sulfonamides is 1. The first-order valence-corrected chi connectivity index (χ1v) is 8.19. The van der Waals surface area contributed by atoms with Gasteiger partial charge >= 0.3 is 0 Å². The quantitative estimate of drug-likeness (QED) is 0.902. The highest BCUT2D eigenvalue weighted by Crippen LogP contribution is 2.33. The number of benzene rings is 2. The van der Waals surface area contributed by atoms with Crippen LogP contribution in [0.25, 0.3) is 0 Å². The van der Waals surface area contributed by atoms with Gasteiger partial charge in [-0.15, -0.1) is 0 Å². The molecule has 3 rings (SSSR count). The Morgan fingerprint density at radius 2 is 1.96 bits per heavy atom. The van der Waals surface area contributed by atoms with Crippen molar-refractivity contribution in [3.05, 3.63) is 47.8 Å². The predicted octanol–water partition coefficient (Wildman–Crippen LogP) is 2.04. The molecule has 2 aromatic carbocycles. The summed E-state index contributed by atoms with van der Waals surface area (Å²) in [5, 5.41) is 0. The molecule has 0 unspecified atom stereocenters. The second-order valence-electron chi connectivity index (χ2n) is 4.80. The molecule has 6 nitrogen and oxygen atoms in total. The van der Waals surface area contributed by atoms with Crippen LogP contribution in [0, 0.1) is 5.82 Å². The minimum atomic E-state index is -3.78. The van der Waals surface area contributed by atoms with Gasteiger partial charge in [0, 0.05) is 18.2 Å². The van der Waals surface area contributed by atoms with Gasteiger partial charge in [0.2, 0.25) is 16.8 Å². The fraction of sp³-hybridized carbons (Fsp3) is 0.200. The van der Waals surface area contributed by atoms with Gasteiger partial charge in [0.15, 0.2) is 11.5 Å². The van der Waals surface area contributed by atoms with E-state index >= 15 is 0 Å². The lowest BCUT2D eigenvalue weighted by molar-refractivity contribution is 0.174. The molecule has 0 atom stereocenters. The molecule has 0 amide bonds. The van der Waals surface area contributed by atoms with E-state index in [9.17, 15) is 12.8 Å². The van der Waals surface area contributed by atoms with Crippen LogP contribution in [0.4, 0.5) is 4.39 Å². The summed E-state index contributed by atoms with van der Waals surface area (Å²) in [6.07, 6.45) is 0. The molecule has 0 aromatic heterocycles. The number of ether oxygens (including phenoxy) is 3. The first-order chi connectivity index (χ1) is 11.0. The number of hydrogen-bond donors (Lipinski definition) is 1. The third-order valence-electron chi connectivity index (χ3n) is 3.35. The zero-order chi connectivity index (χ0) is 16.4. The smallest absolute Gasteiger partial charge is 0.241 e. The van der Waals surface area contributed by atoms with E-state index in [-0.39, 0.29) is 18.2 Å². The molecule has 1 aliphatic rings. The average Bonchev–Trinajstić information content (AvgIpc) is 3.00. The summed E-state index contributed by atoms with van der Waals surface area (Å²) >= 11 is 0. The summed E-state index contributed by atoms with van der Waals surface area (Å²) in [4.78, 5) is 0.0390. The van der Waals surface area contributed by atoms with E-state index in [0.717, 1.165) is 0 Å². The highest BCUT2D eigenvalue weighted by Gasteiger charge is 2.20. The number of hydrogen-bond acceptors (Lipinski definition) is 5. The van der Waals surface area contributed by atoms with E-state index in [4.69, 9.17) is 14.2 Å². The Hall–Kier alpha value is -2.32. The van der Waals surface area contributed by atoms with E-state index in [0.29, 0.717) is 22.8 Å². The molecular weight excluding hydrogens is 325 g/mol. The lowest BCUT2D eigenvalue weighted by Gasteiger charge is -2.11. The highest BCUT2D eigenvalue weighted by atomic mass is 32.2. The molecule has 23 heavy (non-hydrogen) atoms. The first kappa shape index (κ1) is 15.6. The topological polar surface area (TPSA) is 73.9 Å². The summed E-state index contributed by atoms with van der Waals surface area (Å²) in [7, 11) is -2.35. The Bertz CT molecular complexity index is 838. The van der Waals surface area contributed by atoms with E-state index in [1.54, 1.807) is 0 Å². The molecule has 2 aromatic rings. The van der Waals surface area contributed by atoms with Gasteiger partial charge in [0.05, 0.1) is 12.0 Å². The van der Waals surface area contributed by atoms with Crippen LogP contribution in [0.15, 0.2) is 41.3 Å². The molecule has 1 heterocycles. The number of fused-ring (bicyclic) bond motifs is 1. The van der Waals surface area contributed by atoms with Crippen molar-refractivity contribution >= 4 is 10.0 Å². The molecule has 0 radical (unpaired) electrons. The largest absolute Gasteiger partial charge is 0.496 e. The fourth-order valence-electron chi connectivity index (χ4n) is 2.19. The van der Waals surface area contributed by atoms with Crippen LogP contribution in [0.1, 0.15) is 5.56 Å². The normalized spacial score (nSPS) is 13.1. The zero-order valence-corrected chi connectivity index (χ0v) is 13.0. The summed E-state index contributed by atoms with van der Waals surface area (Å²) < 4.78 is 55.8. The minimum absolute atomic E-state index is 0.0390. The van der Waals surface area contributed by atoms with Crippen molar-refractivity contribution in [1.29, 1.82) is 0 Å². The molecule has 122 valence electrons. The molecule has 8 heteroatoms. The van der Waals surface area contributed by atoms with Gasteiger partial charge in [0.1, 0.15) is 11.6 Å². The number of methoxy groups -OCH3 is 1. The van der Waals surface area contributed by atoms with Crippen LogP contribution >= 0.6 is 0 Å². The third-order valence-corrected chi connectivity index (χ3v) is 4.75. The monoisotopic (exact) mass is 339 g/mol. The van der Waals surface area contributed by atoms with Gasteiger partial charge < -0.3 is 14.2 Å². The number of rotatable bonds is 5. The van der Waals surface area contributed by atoms with Crippen LogP contribution in [0.3, 0.4) is 0 Å². The van der Waals surface area contributed by atoms with Gasteiger partial charge in [0.25, 0.3) is 0 Å². The predicted molar refractivity (Wildman–Crippen MR) is 79.5 cm³/mol. The highest BCUT2D eigenvalue weighted by molar-refractivity contribution is 7.89. The lowest BCUT2D eigenvalue weighted by Crippen LogP contribution is -2.23. The molecule has 0 saturated carbocycles. The van der Waals surface area contributed by atoms with E-state index < -0.39 is 15.8 Å². The van der Waals surface area contributed by atoms with Gasteiger partial charge in [-0.25, -0.2) is 17.5 Å². The Morgan fingerprint density at radius 3 is 2.74 bits per heavy atom. The molecule has 0 saturated heterocycles. The van der Waals surface area contributed by atoms with Crippen LogP contribution in [-0.2, 0) is 16.6 Å². The molecular formula is C15H14FNO5S. The van der Waals surface area contributed by atoms with Crippen molar-refractivity contribution in [2.45, 2.75) is 11.4 Å². The summed E-state index contributed by atoms with van der Waals surface area (Å²) in [6, 6.07) is 8.24. The SMILES string of the molecule is COc1ccc(F)cc1CNS(=O)(=O)c1ccc2c(c1)OCO2. The van der Waals surface area contributed by atoms with Gasteiger partial charge in [-0.05, 0) is 30.3 Å². The molecule has 1 N–H and O–H groups in total. The number of nitrogens with one attached hydrogen (secondary N) is 1. The van der Waals surface area contributed by atoms with Crippen molar-refractivity contribution in [3.8, 4) is 17.2 Å². The maximum Gasteiger partial charge on any atom is 0.241 e. The molecule has 0 fully saturated rings. The zero-order valence-electron chi connectivity index (χ0n) is 12.2. The maximum atomic E-state index is 13.3. The van der Waals surface area contributed by atoms with Gasteiger partial charge in [-0.3, -0.25) is 0 Å². The Kier molecular flexibility index (Phi) is 4.10. The first-order valence-electron chi connectivity index (χ1n) is 6.71. The summed E-state index contributed by atoms with van der Waals surface area (Å²) in [6.45, 7) is -0.0372. The van der Waals surface area contributed by atoms with Crippen LogP contribution < -0.4 is 18.9 Å². The molecule has 0 aliphatic carbocycles. The van der Waals surface area contributed by atoms with Crippen molar-refractivity contribution in [3.63, 3.8) is 0 Å². The fourth-order valence-corrected chi connectivity index (χ4v) is 3.21. The van der Waals surface area contributed by atoms with Crippen LogP contribution in [0.2, 0.25) is 0 Å². The maximum absolute atomic E-state index is 13.3. The van der Waals surface area contributed by atoms with Gasteiger partial charge in [-0.1, -0.05) is 0 Å². The summed E-state index contributed by atoms with van der Waals surface area (Å²) in [5.74, 6) is 0.801.